The van der Waals surface area contributed by atoms with Crippen molar-refractivity contribution >= 4 is 29.5 Å². The van der Waals surface area contributed by atoms with E-state index in [4.69, 9.17) is 11.6 Å². The second kappa shape index (κ2) is 11.5. The Morgan fingerprint density at radius 3 is 2.66 bits per heavy atom. The lowest BCUT2D eigenvalue weighted by Crippen LogP contribution is -2.34. The number of hydrogen-bond acceptors (Lipinski definition) is 3. The van der Waals surface area contributed by atoms with E-state index >= 15 is 0 Å². The Hall–Kier alpha value is -3.24. The van der Waals surface area contributed by atoms with Gasteiger partial charge in [-0.3, -0.25) is 14.6 Å². The smallest absolute Gasteiger partial charge is 0.274 e. The molecule has 2 unspecified atom stereocenters. The van der Waals surface area contributed by atoms with Crippen molar-refractivity contribution in [2.45, 2.75) is 51.5 Å². The molecule has 1 heterocycles. The zero-order chi connectivity index (χ0) is 24.8. The number of nitrogens with zero attached hydrogens (tertiary/aromatic N) is 2. The zero-order valence-corrected chi connectivity index (χ0v) is 21.0. The molecule has 5 heteroatoms. The standard InChI is InChI=1S/C30H31ClN2O2/c1-3-5-12-27(23-15-13-21(19-34)14-16-23)33-20-32-29(30(33)35)25-10-6-9-24(17-18-25)28-22(4-2)8-7-11-26(28)31/h6-11,13-19,24,27H,3-5,12,20H2,1-2H3. The molecule has 35 heavy (non-hydrogen) atoms. The number of aldehydes is 1. The maximum atomic E-state index is 13.5. The molecule has 2 aromatic rings. The number of unbranched alkanes of at least 4 members (excludes halogenated alkanes) is 1. The first-order valence-electron chi connectivity index (χ1n) is 12.3. The number of aryl methyl sites for hydroxylation is 1. The Morgan fingerprint density at radius 2 is 1.94 bits per heavy atom. The van der Waals surface area contributed by atoms with Crippen molar-refractivity contribution in [3.05, 3.63) is 106 Å². The highest BCUT2D eigenvalue weighted by Crippen LogP contribution is 2.34. The van der Waals surface area contributed by atoms with Crippen LogP contribution in [-0.2, 0) is 11.2 Å². The van der Waals surface area contributed by atoms with E-state index < -0.39 is 0 Å². The van der Waals surface area contributed by atoms with Gasteiger partial charge in [0.2, 0.25) is 0 Å². The second-order valence-electron chi connectivity index (χ2n) is 8.92. The third kappa shape index (κ3) is 5.38. The molecule has 0 N–H and O–H groups in total. The molecule has 0 saturated heterocycles. The third-order valence-corrected chi connectivity index (χ3v) is 7.05. The molecule has 2 atom stereocenters. The van der Waals surface area contributed by atoms with Gasteiger partial charge in [0.05, 0.1) is 6.04 Å². The van der Waals surface area contributed by atoms with Crippen LogP contribution in [-0.4, -0.2) is 29.5 Å². The van der Waals surface area contributed by atoms with Crippen LogP contribution in [0.15, 0.2) is 83.4 Å². The van der Waals surface area contributed by atoms with Crippen molar-refractivity contribution in [3.63, 3.8) is 0 Å². The molecule has 1 aliphatic carbocycles. The molecular formula is C30H31ClN2O2. The SMILES string of the molecule is CCCCC(c1ccc(C=O)cc1)N1CN=C(C2=CC=CC(c3c(Cl)cccc3CC)C=C2)C1=O. The Balaban J connectivity index is 1.55. The lowest BCUT2D eigenvalue weighted by Gasteiger charge is -2.28. The summed E-state index contributed by atoms with van der Waals surface area (Å²) in [7, 11) is 0. The predicted molar refractivity (Wildman–Crippen MR) is 143 cm³/mol. The number of carbonyl (C=O) groups excluding carboxylic acids is 2. The predicted octanol–water partition coefficient (Wildman–Crippen LogP) is 7.02. The van der Waals surface area contributed by atoms with E-state index in [2.05, 4.69) is 37.1 Å². The summed E-state index contributed by atoms with van der Waals surface area (Å²) in [4.78, 5) is 31.1. The number of aliphatic imine (C=N–C) groups is 1. The number of benzene rings is 2. The summed E-state index contributed by atoms with van der Waals surface area (Å²) in [5.41, 5.74) is 5.30. The molecule has 180 valence electrons. The van der Waals surface area contributed by atoms with Gasteiger partial charge in [-0.05, 0) is 35.6 Å². The van der Waals surface area contributed by atoms with E-state index in [1.54, 1.807) is 0 Å². The number of carbonyl (C=O) groups is 2. The average Bonchev–Trinajstić information content (AvgIpc) is 3.10. The first kappa shape index (κ1) is 24.9. The van der Waals surface area contributed by atoms with Crippen molar-refractivity contribution in [2.75, 3.05) is 6.67 Å². The second-order valence-corrected chi connectivity index (χ2v) is 9.33. The van der Waals surface area contributed by atoms with Gasteiger partial charge < -0.3 is 4.90 Å². The van der Waals surface area contributed by atoms with Gasteiger partial charge in [0.15, 0.2) is 0 Å². The van der Waals surface area contributed by atoms with Crippen molar-refractivity contribution in [1.82, 2.24) is 4.90 Å². The van der Waals surface area contributed by atoms with Crippen molar-refractivity contribution in [2.24, 2.45) is 4.99 Å². The Bertz CT molecular complexity index is 1210. The normalized spacial score (nSPS) is 18.3. The Morgan fingerprint density at radius 1 is 1.14 bits per heavy atom. The quantitative estimate of drug-likeness (QED) is 0.357. The first-order valence-corrected chi connectivity index (χ1v) is 12.7. The fourth-order valence-electron chi connectivity index (χ4n) is 4.79. The Kier molecular flexibility index (Phi) is 8.14. The number of amides is 1. The van der Waals surface area contributed by atoms with Crippen molar-refractivity contribution in [1.29, 1.82) is 0 Å². The summed E-state index contributed by atoms with van der Waals surface area (Å²) < 4.78 is 0. The van der Waals surface area contributed by atoms with Gasteiger partial charge in [0.25, 0.3) is 5.91 Å². The topological polar surface area (TPSA) is 49.7 Å². The zero-order valence-electron chi connectivity index (χ0n) is 20.3. The minimum atomic E-state index is -0.0710. The van der Waals surface area contributed by atoms with Gasteiger partial charge in [-0.1, -0.05) is 105 Å². The van der Waals surface area contributed by atoms with Crippen LogP contribution < -0.4 is 0 Å². The molecule has 0 fully saturated rings. The van der Waals surface area contributed by atoms with E-state index in [0.29, 0.717) is 17.9 Å². The van der Waals surface area contributed by atoms with Crippen LogP contribution in [0.25, 0.3) is 0 Å². The molecule has 0 spiro atoms. The van der Waals surface area contributed by atoms with Crippen LogP contribution >= 0.6 is 11.6 Å². The van der Waals surface area contributed by atoms with Crippen molar-refractivity contribution in [3.8, 4) is 0 Å². The molecule has 0 radical (unpaired) electrons. The van der Waals surface area contributed by atoms with E-state index in [1.807, 2.05) is 59.5 Å². The van der Waals surface area contributed by atoms with Gasteiger partial charge in [-0.15, -0.1) is 0 Å². The van der Waals surface area contributed by atoms with Gasteiger partial charge >= 0.3 is 0 Å². The maximum absolute atomic E-state index is 13.5. The minimum Gasteiger partial charge on any atom is -0.311 e. The molecule has 4 nitrogen and oxygen atoms in total. The highest BCUT2D eigenvalue weighted by atomic mass is 35.5. The summed E-state index contributed by atoms with van der Waals surface area (Å²) in [5, 5.41) is 0.756. The molecule has 1 amide bonds. The lowest BCUT2D eigenvalue weighted by atomic mass is 9.92. The fraction of sp³-hybridized carbons (Fsp3) is 0.300. The van der Waals surface area contributed by atoms with Crippen LogP contribution in [0.2, 0.25) is 5.02 Å². The molecule has 0 bridgehead atoms. The summed E-state index contributed by atoms with van der Waals surface area (Å²) in [6.45, 7) is 4.61. The highest BCUT2D eigenvalue weighted by molar-refractivity contribution is 6.47. The van der Waals surface area contributed by atoms with Gasteiger partial charge in [-0.2, -0.15) is 0 Å². The maximum Gasteiger partial charge on any atom is 0.274 e. The van der Waals surface area contributed by atoms with Gasteiger partial charge in [0, 0.05) is 22.1 Å². The van der Waals surface area contributed by atoms with Gasteiger partial charge in [-0.25, -0.2) is 0 Å². The monoisotopic (exact) mass is 486 g/mol. The van der Waals surface area contributed by atoms with Gasteiger partial charge in [0.1, 0.15) is 18.7 Å². The van der Waals surface area contributed by atoms with E-state index in [9.17, 15) is 9.59 Å². The average molecular weight is 487 g/mol. The molecule has 0 aromatic heterocycles. The Labute approximate surface area is 212 Å². The summed E-state index contributed by atoms with van der Waals surface area (Å²) >= 11 is 6.57. The molecule has 4 rings (SSSR count). The van der Waals surface area contributed by atoms with E-state index in [-0.39, 0.29) is 17.9 Å². The summed E-state index contributed by atoms with van der Waals surface area (Å²) in [6, 6.07) is 13.5. The molecule has 2 aromatic carbocycles. The molecular weight excluding hydrogens is 456 g/mol. The number of hydrogen-bond donors (Lipinski definition) is 0. The highest BCUT2D eigenvalue weighted by Gasteiger charge is 2.33. The fourth-order valence-corrected chi connectivity index (χ4v) is 5.11. The summed E-state index contributed by atoms with van der Waals surface area (Å²) in [6.07, 6.45) is 14.8. The third-order valence-electron chi connectivity index (χ3n) is 6.72. The van der Waals surface area contributed by atoms with Crippen LogP contribution in [0, 0.1) is 0 Å². The van der Waals surface area contributed by atoms with Crippen LogP contribution in [0.5, 0.6) is 0 Å². The number of halogens is 1. The largest absolute Gasteiger partial charge is 0.311 e. The number of rotatable bonds is 9. The van der Waals surface area contributed by atoms with Crippen LogP contribution in [0.4, 0.5) is 0 Å². The lowest BCUT2D eigenvalue weighted by molar-refractivity contribution is -0.125. The minimum absolute atomic E-state index is 0.0363. The van der Waals surface area contributed by atoms with Crippen LogP contribution in [0.1, 0.15) is 72.1 Å². The molecule has 0 saturated carbocycles. The van der Waals surface area contributed by atoms with E-state index in [1.165, 1.54) is 5.56 Å². The first-order chi connectivity index (χ1) is 17.1. The van der Waals surface area contributed by atoms with Crippen LogP contribution in [0.3, 0.4) is 0 Å². The summed E-state index contributed by atoms with van der Waals surface area (Å²) in [5.74, 6) is -0.0189. The molecule has 1 aliphatic heterocycles. The van der Waals surface area contributed by atoms with Crippen molar-refractivity contribution < 1.29 is 9.59 Å². The molecule has 2 aliphatic rings. The van der Waals surface area contributed by atoms with E-state index in [0.717, 1.165) is 53.7 Å². The number of allylic oxidation sites excluding steroid dienone is 5.